The zero-order valence-corrected chi connectivity index (χ0v) is 13.1. The lowest BCUT2D eigenvalue weighted by molar-refractivity contribution is -0.166. The molecule has 3 heteroatoms. The summed E-state index contributed by atoms with van der Waals surface area (Å²) in [6, 6.07) is 0. The van der Waals surface area contributed by atoms with E-state index in [1.807, 2.05) is 20.8 Å². The molecule has 0 aromatic heterocycles. The molecule has 0 rings (SSSR count). The minimum absolute atomic E-state index is 0.318. The molecule has 0 aliphatic carbocycles. The van der Waals surface area contributed by atoms with Gasteiger partial charge in [0.1, 0.15) is 0 Å². The Bertz CT molecular complexity index is 269. The van der Waals surface area contributed by atoms with E-state index in [2.05, 4.69) is 6.92 Å². The van der Waals surface area contributed by atoms with Gasteiger partial charge in [-0.15, -0.1) is 0 Å². The quantitative estimate of drug-likeness (QED) is 0.330. The number of ether oxygens (including phenoxy) is 1. The summed E-state index contributed by atoms with van der Waals surface area (Å²) in [5.41, 5.74) is -0.547. The minimum atomic E-state index is -0.547. The van der Waals surface area contributed by atoms with Crippen LogP contribution in [0.3, 0.4) is 0 Å². The van der Waals surface area contributed by atoms with Crippen molar-refractivity contribution in [3.05, 3.63) is 0 Å². The Morgan fingerprint density at radius 2 is 1.47 bits per heavy atom. The van der Waals surface area contributed by atoms with Gasteiger partial charge >= 0.3 is 11.9 Å². The topological polar surface area (TPSA) is 43.4 Å². The van der Waals surface area contributed by atoms with Crippen LogP contribution in [0.5, 0.6) is 0 Å². The second-order valence-electron chi connectivity index (χ2n) is 5.91. The number of carbonyl (C=O) groups is 2. The van der Waals surface area contributed by atoms with Crippen LogP contribution in [0.15, 0.2) is 0 Å². The number of hydrogen-bond donors (Lipinski definition) is 0. The second kappa shape index (κ2) is 9.99. The lowest BCUT2D eigenvalue weighted by atomic mass is 9.87. The zero-order chi connectivity index (χ0) is 14.7. The molecule has 0 aliphatic rings. The molecule has 0 aromatic carbocycles. The van der Waals surface area contributed by atoms with Gasteiger partial charge in [0, 0.05) is 6.42 Å². The summed E-state index contributed by atoms with van der Waals surface area (Å²) in [6.07, 6.45) is 9.03. The predicted molar refractivity (Wildman–Crippen MR) is 77.8 cm³/mol. The van der Waals surface area contributed by atoms with Crippen LogP contribution in [0.1, 0.15) is 85.5 Å². The van der Waals surface area contributed by atoms with Crippen LogP contribution in [0.2, 0.25) is 0 Å². The molecule has 0 unspecified atom stereocenters. The Kier molecular flexibility index (Phi) is 9.54. The average Bonchev–Trinajstić information content (AvgIpc) is 2.33. The van der Waals surface area contributed by atoms with Gasteiger partial charge in [-0.2, -0.15) is 0 Å². The molecule has 0 saturated heterocycles. The Labute approximate surface area is 118 Å². The maximum Gasteiger partial charge on any atom is 0.319 e. The second-order valence-corrected chi connectivity index (χ2v) is 5.91. The highest BCUT2D eigenvalue weighted by Gasteiger charge is 2.30. The van der Waals surface area contributed by atoms with Crippen LogP contribution in [0, 0.1) is 5.41 Å². The SMILES string of the molecule is CCCCCCCCC(C)(C)C(=O)OC(=O)CCC. The van der Waals surface area contributed by atoms with Crippen molar-refractivity contribution in [2.45, 2.75) is 85.5 Å². The van der Waals surface area contributed by atoms with Crippen LogP contribution in [0.25, 0.3) is 0 Å². The van der Waals surface area contributed by atoms with Gasteiger partial charge in [0.2, 0.25) is 0 Å². The van der Waals surface area contributed by atoms with Crippen molar-refractivity contribution >= 4 is 11.9 Å². The fraction of sp³-hybridized carbons (Fsp3) is 0.875. The number of rotatable bonds is 10. The van der Waals surface area contributed by atoms with Gasteiger partial charge < -0.3 is 4.74 Å². The van der Waals surface area contributed by atoms with Crippen molar-refractivity contribution in [1.82, 2.24) is 0 Å². The first-order valence-corrected chi connectivity index (χ1v) is 7.69. The molecular weight excluding hydrogens is 240 g/mol. The molecule has 0 atom stereocenters. The molecule has 112 valence electrons. The summed E-state index contributed by atoms with van der Waals surface area (Å²) in [6.45, 7) is 7.82. The van der Waals surface area contributed by atoms with E-state index >= 15 is 0 Å². The van der Waals surface area contributed by atoms with E-state index in [0.29, 0.717) is 12.8 Å². The van der Waals surface area contributed by atoms with Gasteiger partial charge in [-0.3, -0.25) is 9.59 Å². The van der Waals surface area contributed by atoms with E-state index in [0.717, 1.165) is 19.3 Å². The highest BCUT2D eigenvalue weighted by Crippen LogP contribution is 2.26. The van der Waals surface area contributed by atoms with Crippen molar-refractivity contribution < 1.29 is 14.3 Å². The lowest BCUT2D eigenvalue weighted by Gasteiger charge is -2.21. The molecule has 0 amide bonds. The monoisotopic (exact) mass is 270 g/mol. The Hall–Kier alpha value is -0.860. The Morgan fingerprint density at radius 1 is 0.895 bits per heavy atom. The lowest BCUT2D eigenvalue weighted by Crippen LogP contribution is -2.28. The highest BCUT2D eigenvalue weighted by molar-refractivity contribution is 5.88. The smallest absolute Gasteiger partial charge is 0.319 e. The number of carbonyl (C=O) groups excluding carboxylic acids is 2. The predicted octanol–water partition coefficient (Wildman–Crippen LogP) is 4.63. The summed E-state index contributed by atoms with van der Waals surface area (Å²) in [5.74, 6) is -0.775. The van der Waals surface area contributed by atoms with Crippen LogP contribution in [0.4, 0.5) is 0 Å². The standard InChI is InChI=1S/C16H30O3/c1-5-7-8-9-10-11-13-16(3,4)15(18)19-14(17)12-6-2/h5-13H2,1-4H3. The van der Waals surface area contributed by atoms with E-state index in [1.54, 1.807) is 0 Å². The highest BCUT2D eigenvalue weighted by atomic mass is 16.6. The van der Waals surface area contributed by atoms with E-state index in [-0.39, 0.29) is 5.97 Å². The van der Waals surface area contributed by atoms with E-state index in [1.165, 1.54) is 25.7 Å². The molecule has 19 heavy (non-hydrogen) atoms. The van der Waals surface area contributed by atoms with E-state index in [4.69, 9.17) is 4.74 Å². The van der Waals surface area contributed by atoms with Crippen LogP contribution < -0.4 is 0 Å². The number of hydrogen-bond acceptors (Lipinski definition) is 3. The molecular formula is C16H30O3. The summed E-state index contributed by atoms with van der Waals surface area (Å²) in [7, 11) is 0. The van der Waals surface area contributed by atoms with Gasteiger partial charge in [0.25, 0.3) is 0 Å². The fourth-order valence-electron chi connectivity index (χ4n) is 1.95. The molecule has 0 aromatic rings. The van der Waals surface area contributed by atoms with Crippen molar-refractivity contribution in [3.8, 4) is 0 Å². The van der Waals surface area contributed by atoms with Gasteiger partial charge in [-0.1, -0.05) is 52.4 Å². The molecule has 0 bridgehead atoms. The summed E-state index contributed by atoms with van der Waals surface area (Å²) in [4.78, 5) is 23.2. The maximum atomic E-state index is 11.9. The molecule has 0 radical (unpaired) electrons. The third-order valence-corrected chi connectivity index (χ3v) is 3.37. The van der Waals surface area contributed by atoms with Gasteiger partial charge in [0.15, 0.2) is 0 Å². The van der Waals surface area contributed by atoms with Crippen molar-refractivity contribution in [1.29, 1.82) is 0 Å². The van der Waals surface area contributed by atoms with Crippen molar-refractivity contribution in [2.24, 2.45) is 5.41 Å². The first kappa shape index (κ1) is 18.1. The summed E-state index contributed by atoms with van der Waals surface area (Å²) >= 11 is 0. The Balaban J connectivity index is 3.88. The summed E-state index contributed by atoms with van der Waals surface area (Å²) < 4.78 is 4.87. The fourth-order valence-corrected chi connectivity index (χ4v) is 1.95. The number of esters is 2. The van der Waals surface area contributed by atoms with E-state index < -0.39 is 11.4 Å². The molecule has 0 heterocycles. The van der Waals surface area contributed by atoms with Crippen molar-refractivity contribution in [3.63, 3.8) is 0 Å². The average molecular weight is 270 g/mol. The van der Waals surface area contributed by atoms with Crippen LogP contribution in [-0.2, 0) is 14.3 Å². The van der Waals surface area contributed by atoms with Gasteiger partial charge in [-0.25, -0.2) is 0 Å². The molecule has 0 N–H and O–H groups in total. The van der Waals surface area contributed by atoms with Crippen LogP contribution in [-0.4, -0.2) is 11.9 Å². The normalized spacial score (nSPS) is 11.4. The zero-order valence-electron chi connectivity index (χ0n) is 13.1. The molecule has 0 spiro atoms. The minimum Gasteiger partial charge on any atom is -0.393 e. The third kappa shape index (κ3) is 8.79. The van der Waals surface area contributed by atoms with Crippen molar-refractivity contribution in [2.75, 3.05) is 0 Å². The van der Waals surface area contributed by atoms with Gasteiger partial charge in [-0.05, 0) is 26.7 Å². The number of unbranched alkanes of at least 4 members (excludes halogenated alkanes) is 5. The molecule has 0 aliphatic heterocycles. The summed E-state index contributed by atoms with van der Waals surface area (Å²) in [5, 5.41) is 0. The molecule has 0 saturated carbocycles. The molecule has 3 nitrogen and oxygen atoms in total. The Morgan fingerprint density at radius 3 is 2.05 bits per heavy atom. The largest absolute Gasteiger partial charge is 0.393 e. The van der Waals surface area contributed by atoms with E-state index in [9.17, 15) is 9.59 Å². The first-order valence-electron chi connectivity index (χ1n) is 7.69. The molecule has 0 fully saturated rings. The maximum absolute atomic E-state index is 11.9. The van der Waals surface area contributed by atoms with Gasteiger partial charge in [0.05, 0.1) is 5.41 Å². The third-order valence-electron chi connectivity index (χ3n) is 3.37. The van der Waals surface area contributed by atoms with Crippen LogP contribution >= 0.6 is 0 Å². The first-order chi connectivity index (χ1) is 8.94.